The molecule has 1 aliphatic heterocycles. The van der Waals surface area contributed by atoms with Crippen molar-refractivity contribution in [3.05, 3.63) is 41.3 Å². The number of nitrogens with zero attached hydrogens (tertiary/aromatic N) is 1. The number of hydrogen-bond donors (Lipinski definition) is 2. The number of rotatable bonds is 13. The molecule has 2 N–H and O–H groups in total. The number of fused-ring (bicyclic) bond motifs is 1. The van der Waals surface area contributed by atoms with Gasteiger partial charge in [0.25, 0.3) is 0 Å². The average molecular weight is 431 g/mol. The predicted molar refractivity (Wildman–Crippen MR) is 117 cm³/mol. The Morgan fingerprint density at radius 3 is 2.84 bits per heavy atom. The second kappa shape index (κ2) is 12.3. The summed E-state index contributed by atoms with van der Waals surface area (Å²) in [5, 5.41) is 23.6. The lowest BCUT2D eigenvalue weighted by Crippen LogP contribution is -2.52. The number of aliphatic hydroxyl groups is 1. The molecule has 0 bridgehead atoms. The molecule has 0 amide bonds. The van der Waals surface area contributed by atoms with Crippen molar-refractivity contribution in [1.82, 2.24) is 5.32 Å². The Morgan fingerprint density at radius 2 is 2.13 bits per heavy atom. The monoisotopic (exact) mass is 430 g/mol. The Hall–Kier alpha value is -2.56. The number of unbranched alkanes of at least 4 members (excludes halogenated alkanes) is 3. The highest BCUT2D eigenvalue weighted by atomic mass is 16.5. The van der Waals surface area contributed by atoms with E-state index >= 15 is 0 Å². The zero-order chi connectivity index (χ0) is 22.7. The summed E-state index contributed by atoms with van der Waals surface area (Å²) < 4.78 is 17.3. The maximum atomic E-state index is 10.9. The molecule has 0 aromatic heterocycles. The number of aldehydes is 1. The van der Waals surface area contributed by atoms with E-state index < -0.39 is 17.7 Å². The maximum Gasteiger partial charge on any atom is 0.144 e. The van der Waals surface area contributed by atoms with Crippen molar-refractivity contribution in [3.8, 4) is 11.8 Å². The summed E-state index contributed by atoms with van der Waals surface area (Å²) in [4.78, 5) is 10.5. The number of nitrogens with one attached hydrogen (secondary N) is 1. The van der Waals surface area contributed by atoms with Gasteiger partial charge in [0.1, 0.15) is 35.8 Å². The van der Waals surface area contributed by atoms with Crippen LogP contribution in [-0.4, -0.2) is 42.9 Å². The van der Waals surface area contributed by atoms with Gasteiger partial charge in [-0.25, -0.2) is 0 Å². The Balaban J connectivity index is 2.12. The van der Waals surface area contributed by atoms with E-state index in [9.17, 15) is 15.2 Å². The van der Waals surface area contributed by atoms with Gasteiger partial charge in [-0.3, -0.25) is 0 Å². The van der Waals surface area contributed by atoms with E-state index in [0.717, 1.165) is 37.5 Å². The molecule has 31 heavy (non-hydrogen) atoms. The Labute approximate surface area is 185 Å². The third kappa shape index (κ3) is 7.27. The topological polar surface area (TPSA) is 101 Å². The molecular weight excluding hydrogens is 396 g/mol. The third-order valence-corrected chi connectivity index (χ3v) is 5.22. The molecular formula is C24H34N2O5. The van der Waals surface area contributed by atoms with Gasteiger partial charge in [-0.05, 0) is 38.5 Å². The summed E-state index contributed by atoms with van der Waals surface area (Å²) in [5.74, 6) is 1.23. The molecule has 0 spiro atoms. The fourth-order valence-corrected chi connectivity index (χ4v) is 3.43. The van der Waals surface area contributed by atoms with Crippen LogP contribution in [0.4, 0.5) is 0 Å². The van der Waals surface area contributed by atoms with Crippen molar-refractivity contribution >= 4 is 6.29 Å². The van der Waals surface area contributed by atoms with E-state index in [1.54, 1.807) is 18.2 Å². The number of carbonyl (C=O) groups is 1. The first-order chi connectivity index (χ1) is 14.9. The first-order valence-electron chi connectivity index (χ1n) is 10.9. The molecule has 1 aliphatic rings. The molecule has 1 aromatic carbocycles. The molecule has 2 atom stereocenters. The van der Waals surface area contributed by atoms with Crippen LogP contribution in [0.25, 0.3) is 0 Å². The average Bonchev–Trinajstić information content (AvgIpc) is 2.75. The zero-order valence-corrected chi connectivity index (χ0v) is 18.7. The number of nitriles is 1. The maximum absolute atomic E-state index is 10.9. The lowest BCUT2D eigenvalue weighted by Gasteiger charge is -2.42. The van der Waals surface area contributed by atoms with Crippen LogP contribution in [0.5, 0.6) is 5.75 Å². The molecule has 7 heteroatoms. The summed E-state index contributed by atoms with van der Waals surface area (Å²) >= 11 is 0. The molecule has 1 heterocycles. The van der Waals surface area contributed by atoms with E-state index in [1.165, 1.54) is 6.26 Å². The van der Waals surface area contributed by atoms with Crippen LogP contribution >= 0.6 is 0 Å². The molecule has 7 nitrogen and oxygen atoms in total. The fraction of sp³-hybridized carbons (Fsp3) is 0.583. The highest BCUT2D eigenvalue weighted by molar-refractivity contribution is 5.49. The van der Waals surface area contributed by atoms with Crippen LogP contribution in [0.1, 0.15) is 70.0 Å². The first-order valence-corrected chi connectivity index (χ1v) is 10.9. The predicted octanol–water partition coefficient (Wildman–Crippen LogP) is 3.76. The van der Waals surface area contributed by atoms with Gasteiger partial charge in [0.15, 0.2) is 0 Å². The van der Waals surface area contributed by atoms with Gasteiger partial charge < -0.3 is 29.4 Å². The number of ether oxygens (including phenoxy) is 3. The Kier molecular flexibility index (Phi) is 9.83. The zero-order valence-electron chi connectivity index (χ0n) is 18.7. The van der Waals surface area contributed by atoms with Crippen molar-refractivity contribution in [2.24, 2.45) is 0 Å². The minimum absolute atomic E-state index is 0.285. The summed E-state index contributed by atoms with van der Waals surface area (Å²) in [6, 6.07) is 6.89. The standard InChI is InChI=1S/C24H34N2O5/c1-4-5-6-7-13-30-19(17-29-12-8-11-27)16-26-22-20-14-18(15-25)9-10-21(20)31-24(2,3)23(22)28/h9-11,14,17,22-23,26,28H,4-8,12-13,16H2,1-3H3/b19-17-. The van der Waals surface area contributed by atoms with Crippen LogP contribution in [0.3, 0.4) is 0 Å². The van der Waals surface area contributed by atoms with Crippen molar-refractivity contribution in [2.75, 3.05) is 19.8 Å². The van der Waals surface area contributed by atoms with Crippen LogP contribution in [-0.2, 0) is 14.3 Å². The van der Waals surface area contributed by atoms with E-state index in [1.807, 2.05) is 13.8 Å². The SMILES string of the molecule is CCCCCCO/C(=C\OCCC=O)CNC1c2cc(C#N)ccc2OC(C)(C)C1O. The third-order valence-electron chi connectivity index (χ3n) is 5.22. The Bertz CT molecular complexity index is 785. The molecule has 1 aromatic rings. The largest absolute Gasteiger partial charge is 0.497 e. The van der Waals surface area contributed by atoms with Crippen molar-refractivity contribution in [3.63, 3.8) is 0 Å². The highest BCUT2D eigenvalue weighted by Crippen LogP contribution is 2.40. The van der Waals surface area contributed by atoms with E-state index in [-0.39, 0.29) is 6.61 Å². The highest BCUT2D eigenvalue weighted by Gasteiger charge is 2.42. The summed E-state index contributed by atoms with van der Waals surface area (Å²) in [6.45, 7) is 7.00. The molecule has 0 radical (unpaired) electrons. The molecule has 170 valence electrons. The van der Waals surface area contributed by atoms with E-state index in [0.29, 0.717) is 36.6 Å². The molecule has 0 aliphatic carbocycles. The Morgan fingerprint density at radius 1 is 1.32 bits per heavy atom. The quantitative estimate of drug-likeness (QED) is 0.279. The summed E-state index contributed by atoms with van der Waals surface area (Å²) in [5.41, 5.74) is 0.431. The molecule has 0 saturated heterocycles. The normalized spacial score (nSPS) is 19.6. The van der Waals surface area contributed by atoms with Crippen molar-refractivity contribution in [2.45, 2.75) is 70.6 Å². The smallest absolute Gasteiger partial charge is 0.144 e. The van der Waals surface area contributed by atoms with Gasteiger partial charge >= 0.3 is 0 Å². The minimum atomic E-state index is -0.837. The second-order valence-corrected chi connectivity index (χ2v) is 8.19. The minimum Gasteiger partial charge on any atom is -0.497 e. The van der Waals surface area contributed by atoms with Gasteiger partial charge in [-0.15, -0.1) is 0 Å². The molecule has 0 saturated carbocycles. The van der Waals surface area contributed by atoms with Gasteiger partial charge in [-0.2, -0.15) is 5.26 Å². The summed E-state index contributed by atoms with van der Waals surface area (Å²) in [6.07, 6.45) is 6.17. The number of aliphatic hydroxyl groups excluding tert-OH is 1. The lowest BCUT2D eigenvalue weighted by molar-refractivity contribution is -0.108. The van der Waals surface area contributed by atoms with Crippen molar-refractivity contribution in [1.29, 1.82) is 5.26 Å². The summed E-state index contributed by atoms with van der Waals surface area (Å²) in [7, 11) is 0. The van der Waals surface area contributed by atoms with E-state index in [2.05, 4.69) is 18.3 Å². The van der Waals surface area contributed by atoms with E-state index in [4.69, 9.17) is 14.2 Å². The lowest BCUT2D eigenvalue weighted by atomic mass is 9.86. The van der Waals surface area contributed by atoms with Crippen LogP contribution in [0.15, 0.2) is 30.2 Å². The number of hydrogen-bond acceptors (Lipinski definition) is 7. The van der Waals surface area contributed by atoms with Gasteiger partial charge in [-0.1, -0.05) is 26.2 Å². The molecule has 2 unspecified atom stereocenters. The molecule has 0 fully saturated rings. The van der Waals surface area contributed by atoms with Crippen LogP contribution < -0.4 is 10.1 Å². The fourth-order valence-electron chi connectivity index (χ4n) is 3.43. The second-order valence-electron chi connectivity index (χ2n) is 8.19. The molecule has 2 rings (SSSR count). The van der Waals surface area contributed by atoms with Gasteiger partial charge in [0.05, 0.1) is 37.4 Å². The first kappa shape index (κ1) is 24.7. The van der Waals surface area contributed by atoms with Gasteiger partial charge in [0.2, 0.25) is 0 Å². The number of carbonyl (C=O) groups excluding carboxylic acids is 1. The van der Waals surface area contributed by atoms with Crippen molar-refractivity contribution < 1.29 is 24.1 Å². The van der Waals surface area contributed by atoms with Crippen LogP contribution in [0.2, 0.25) is 0 Å². The van der Waals surface area contributed by atoms with Crippen LogP contribution in [0, 0.1) is 11.3 Å². The van der Waals surface area contributed by atoms with Gasteiger partial charge in [0, 0.05) is 12.0 Å². The number of benzene rings is 1.